The van der Waals surface area contributed by atoms with Crippen LogP contribution in [0.3, 0.4) is 0 Å². The summed E-state index contributed by atoms with van der Waals surface area (Å²) in [6.45, 7) is 2.51. The van der Waals surface area contributed by atoms with Gasteiger partial charge >= 0.3 is 0 Å². The highest BCUT2D eigenvalue weighted by molar-refractivity contribution is 5.92. The van der Waals surface area contributed by atoms with E-state index in [1.165, 1.54) is 6.20 Å². The number of pyridine rings is 1. The Labute approximate surface area is 118 Å². The number of nitrogens with one attached hydrogen (secondary N) is 1. The van der Waals surface area contributed by atoms with Crippen LogP contribution < -0.4 is 5.32 Å². The Balaban J connectivity index is 1.94. The molecule has 1 saturated heterocycles. The Morgan fingerprint density at radius 3 is 3.10 bits per heavy atom. The first-order valence-electron chi connectivity index (χ1n) is 6.69. The van der Waals surface area contributed by atoms with E-state index in [0.717, 1.165) is 19.4 Å². The van der Waals surface area contributed by atoms with Gasteiger partial charge in [-0.1, -0.05) is 11.8 Å². The van der Waals surface area contributed by atoms with Gasteiger partial charge in [-0.15, -0.1) is 0 Å². The zero-order chi connectivity index (χ0) is 14.4. The van der Waals surface area contributed by atoms with Crippen molar-refractivity contribution in [1.29, 1.82) is 0 Å². The van der Waals surface area contributed by atoms with Crippen molar-refractivity contribution < 1.29 is 14.6 Å². The van der Waals surface area contributed by atoms with Crippen molar-refractivity contribution in [2.24, 2.45) is 0 Å². The van der Waals surface area contributed by atoms with Crippen molar-refractivity contribution in [2.45, 2.75) is 31.9 Å². The summed E-state index contributed by atoms with van der Waals surface area (Å²) in [6, 6.07) is 3.31. The fourth-order valence-electron chi connectivity index (χ4n) is 2.11. The van der Waals surface area contributed by atoms with Crippen molar-refractivity contribution in [2.75, 3.05) is 13.2 Å². The summed E-state index contributed by atoms with van der Waals surface area (Å²) in [7, 11) is 0. The fourth-order valence-corrected chi connectivity index (χ4v) is 2.11. The molecule has 0 radical (unpaired) electrons. The molecule has 106 valence electrons. The van der Waals surface area contributed by atoms with E-state index in [0.29, 0.717) is 11.3 Å². The van der Waals surface area contributed by atoms with Crippen LogP contribution in [0.5, 0.6) is 0 Å². The molecule has 1 amide bonds. The molecule has 0 saturated carbocycles. The van der Waals surface area contributed by atoms with Crippen LogP contribution in [0.4, 0.5) is 0 Å². The number of carbonyl (C=O) groups is 1. The predicted octanol–water partition coefficient (Wildman–Crippen LogP) is 0.723. The molecule has 2 rings (SSSR count). The van der Waals surface area contributed by atoms with Gasteiger partial charge in [0.1, 0.15) is 12.3 Å². The summed E-state index contributed by atoms with van der Waals surface area (Å²) in [5.41, 5.74) is 1.02. The van der Waals surface area contributed by atoms with Gasteiger partial charge in [-0.3, -0.25) is 4.79 Å². The van der Waals surface area contributed by atoms with E-state index in [9.17, 15) is 4.79 Å². The summed E-state index contributed by atoms with van der Waals surface area (Å²) in [4.78, 5) is 16.1. The Morgan fingerprint density at radius 1 is 1.65 bits per heavy atom. The van der Waals surface area contributed by atoms with E-state index < -0.39 is 0 Å². The van der Waals surface area contributed by atoms with E-state index in [1.54, 1.807) is 12.1 Å². The van der Waals surface area contributed by atoms with Crippen molar-refractivity contribution in [1.82, 2.24) is 10.3 Å². The number of aliphatic hydroxyl groups is 1. The second-order valence-electron chi connectivity index (χ2n) is 4.71. The molecule has 1 aliphatic rings. The Morgan fingerprint density at radius 2 is 2.50 bits per heavy atom. The molecule has 2 N–H and O–H groups in total. The lowest BCUT2D eigenvalue weighted by Gasteiger charge is -2.19. The van der Waals surface area contributed by atoms with Crippen molar-refractivity contribution in [3.63, 3.8) is 0 Å². The van der Waals surface area contributed by atoms with E-state index in [-0.39, 0.29) is 24.7 Å². The Bertz CT molecular complexity index is 510. The molecule has 1 aromatic heterocycles. The lowest BCUT2D eigenvalue weighted by Crippen LogP contribution is -2.41. The van der Waals surface area contributed by atoms with Gasteiger partial charge in [0, 0.05) is 18.4 Å². The molecule has 2 unspecified atom stereocenters. The van der Waals surface area contributed by atoms with E-state index in [4.69, 9.17) is 9.84 Å². The first-order valence-corrected chi connectivity index (χ1v) is 6.69. The fraction of sp³-hybridized carbons (Fsp3) is 0.467. The molecule has 1 aromatic rings. The molecule has 0 aliphatic carbocycles. The maximum atomic E-state index is 12.0. The molecule has 1 fully saturated rings. The van der Waals surface area contributed by atoms with Crippen molar-refractivity contribution in [3.05, 3.63) is 29.6 Å². The second kappa shape index (κ2) is 7.04. The third kappa shape index (κ3) is 3.80. The highest BCUT2D eigenvalue weighted by Crippen LogP contribution is 2.15. The largest absolute Gasteiger partial charge is 0.384 e. The van der Waals surface area contributed by atoms with Gasteiger partial charge in [0.15, 0.2) is 0 Å². The van der Waals surface area contributed by atoms with Gasteiger partial charge in [0.05, 0.1) is 12.1 Å². The number of rotatable bonds is 3. The van der Waals surface area contributed by atoms with Crippen LogP contribution in [0.25, 0.3) is 0 Å². The molecular formula is C15H18N2O3. The highest BCUT2D eigenvalue weighted by Gasteiger charge is 2.24. The van der Waals surface area contributed by atoms with Gasteiger partial charge in [-0.25, -0.2) is 4.98 Å². The summed E-state index contributed by atoms with van der Waals surface area (Å²) < 4.78 is 5.54. The smallest absolute Gasteiger partial charge is 0.270 e. The lowest BCUT2D eigenvalue weighted by molar-refractivity contribution is 0.0709. The minimum absolute atomic E-state index is 0.0272. The van der Waals surface area contributed by atoms with Crippen LogP contribution >= 0.6 is 0 Å². The van der Waals surface area contributed by atoms with Gasteiger partial charge in [-0.05, 0) is 31.9 Å². The molecule has 0 bridgehead atoms. The van der Waals surface area contributed by atoms with Crippen LogP contribution in [0, 0.1) is 11.8 Å². The predicted molar refractivity (Wildman–Crippen MR) is 74.1 cm³/mol. The van der Waals surface area contributed by atoms with Crippen LogP contribution in [-0.4, -0.2) is 41.4 Å². The topological polar surface area (TPSA) is 71.5 Å². The zero-order valence-corrected chi connectivity index (χ0v) is 11.4. The van der Waals surface area contributed by atoms with Crippen molar-refractivity contribution >= 4 is 5.91 Å². The SMILES string of the molecule is CC(NC(=O)c1ccc(C#CCO)cn1)C1CCCO1. The molecule has 20 heavy (non-hydrogen) atoms. The van der Waals surface area contributed by atoms with Gasteiger partial charge in [-0.2, -0.15) is 0 Å². The summed E-state index contributed by atoms with van der Waals surface area (Å²) >= 11 is 0. The van der Waals surface area contributed by atoms with Gasteiger partial charge in [0.2, 0.25) is 0 Å². The number of ether oxygens (including phenoxy) is 1. The summed E-state index contributed by atoms with van der Waals surface area (Å²) in [5, 5.41) is 11.5. The molecule has 1 aliphatic heterocycles. The number of aliphatic hydroxyl groups excluding tert-OH is 1. The average molecular weight is 274 g/mol. The first kappa shape index (κ1) is 14.5. The van der Waals surface area contributed by atoms with E-state index in [1.807, 2.05) is 6.92 Å². The monoisotopic (exact) mass is 274 g/mol. The summed E-state index contributed by atoms with van der Waals surface area (Å²) in [5.74, 6) is 5.05. The van der Waals surface area contributed by atoms with Crippen molar-refractivity contribution in [3.8, 4) is 11.8 Å². The zero-order valence-electron chi connectivity index (χ0n) is 11.4. The summed E-state index contributed by atoms with van der Waals surface area (Å²) in [6.07, 6.45) is 3.63. The number of amides is 1. The average Bonchev–Trinajstić information content (AvgIpc) is 3.00. The van der Waals surface area contributed by atoms with Crippen LogP contribution in [0.1, 0.15) is 35.8 Å². The van der Waals surface area contributed by atoms with Crippen LogP contribution in [-0.2, 0) is 4.74 Å². The molecular weight excluding hydrogens is 256 g/mol. The molecule has 2 atom stereocenters. The molecule has 5 nitrogen and oxygen atoms in total. The Hall–Kier alpha value is -1.90. The number of aromatic nitrogens is 1. The number of carbonyl (C=O) groups excluding carboxylic acids is 1. The van der Waals surface area contributed by atoms with Crippen LogP contribution in [0.2, 0.25) is 0 Å². The van der Waals surface area contributed by atoms with E-state index in [2.05, 4.69) is 22.1 Å². The quantitative estimate of drug-likeness (QED) is 0.797. The maximum absolute atomic E-state index is 12.0. The molecule has 5 heteroatoms. The van der Waals surface area contributed by atoms with Gasteiger partial charge < -0.3 is 15.2 Å². The first-order chi connectivity index (χ1) is 9.70. The van der Waals surface area contributed by atoms with E-state index >= 15 is 0 Å². The Kier molecular flexibility index (Phi) is 5.10. The lowest BCUT2D eigenvalue weighted by atomic mass is 10.1. The molecule has 0 spiro atoms. The number of nitrogens with zero attached hydrogens (tertiary/aromatic N) is 1. The molecule has 0 aromatic carbocycles. The third-order valence-corrected chi connectivity index (χ3v) is 3.19. The number of hydrogen-bond donors (Lipinski definition) is 2. The normalized spacial score (nSPS) is 19.0. The molecule has 2 heterocycles. The minimum atomic E-state index is -0.213. The minimum Gasteiger partial charge on any atom is -0.384 e. The second-order valence-corrected chi connectivity index (χ2v) is 4.71. The third-order valence-electron chi connectivity index (χ3n) is 3.19. The van der Waals surface area contributed by atoms with Crippen LogP contribution in [0.15, 0.2) is 18.3 Å². The standard InChI is InChI=1S/C15H18N2O3/c1-11(14-5-3-9-20-14)17-15(19)13-7-6-12(10-16-13)4-2-8-18/h6-7,10-11,14,18H,3,5,8-9H2,1H3,(H,17,19). The number of hydrogen-bond acceptors (Lipinski definition) is 4. The highest BCUT2D eigenvalue weighted by atomic mass is 16.5. The maximum Gasteiger partial charge on any atom is 0.270 e. The van der Waals surface area contributed by atoms with Gasteiger partial charge in [0.25, 0.3) is 5.91 Å².